The second-order valence-electron chi connectivity index (χ2n) is 3.00. The van der Waals surface area contributed by atoms with Crippen molar-refractivity contribution in [3.8, 4) is 0 Å². The molecule has 0 saturated carbocycles. The molecule has 0 aliphatic heterocycles. The van der Waals surface area contributed by atoms with Gasteiger partial charge in [-0.15, -0.1) is 0 Å². The highest BCUT2D eigenvalue weighted by Gasteiger charge is 2.04. The van der Waals surface area contributed by atoms with Crippen LogP contribution in [0, 0.1) is 0 Å². The Morgan fingerprint density at radius 1 is 1.23 bits per heavy atom. The molecule has 0 aliphatic rings. The van der Waals surface area contributed by atoms with E-state index in [0.29, 0.717) is 10.0 Å². The monoisotopic (exact) mass is 213 g/mol. The van der Waals surface area contributed by atoms with Crippen LogP contribution in [0.15, 0.2) is 18.2 Å². The average molecular weight is 214 g/mol. The molecule has 0 bridgehead atoms. The van der Waals surface area contributed by atoms with Gasteiger partial charge in [0.1, 0.15) is 0 Å². The molecule has 0 radical (unpaired) electrons. The molecule has 1 aromatic heterocycles. The summed E-state index contributed by atoms with van der Waals surface area (Å²) in [5, 5.41) is 2.42. The summed E-state index contributed by atoms with van der Waals surface area (Å²) in [6, 6.07) is 5.72. The zero-order chi connectivity index (χ0) is 9.42. The molecular formula is C10H9Cl2N. The highest BCUT2D eigenvalue weighted by atomic mass is 35.5. The summed E-state index contributed by atoms with van der Waals surface area (Å²) < 4.78 is 0. The normalized spacial score (nSPS) is 11.0. The Labute approximate surface area is 86.7 Å². The maximum atomic E-state index is 6.03. The van der Waals surface area contributed by atoms with Crippen LogP contribution in [-0.4, -0.2) is 4.98 Å². The van der Waals surface area contributed by atoms with Crippen molar-refractivity contribution in [2.24, 2.45) is 0 Å². The number of hydrogen-bond acceptors (Lipinski definition) is 0. The summed E-state index contributed by atoms with van der Waals surface area (Å²) in [5.41, 5.74) is 2.19. The van der Waals surface area contributed by atoms with Gasteiger partial charge in [-0.05, 0) is 24.6 Å². The van der Waals surface area contributed by atoms with E-state index >= 15 is 0 Å². The van der Waals surface area contributed by atoms with E-state index in [9.17, 15) is 0 Å². The number of nitrogens with one attached hydrogen (secondary N) is 1. The van der Waals surface area contributed by atoms with Crippen LogP contribution in [0.5, 0.6) is 0 Å². The van der Waals surface area contributed by atoms with Gasteiger partial charge in [0.2, 0.25) is 0 Å². The van der Waals surface area contributed by atoms with E-state index in [1.54, 1.807) is 6.07 Å². The Kier molecular flexibility index (Phi) is 2.22. The number of benzene rings is 1. The minimum Gasteiger partial charge on any atom is -0.358 e. The predicted octanol–water partition coefficient (Wildman–Crippen LogP) is 4.04. The lowest BCUT2D eigenvalue weighted by atomic mass is 10.2. The number of aromatic nitrogens is 1. The smallest absolute Gasteiger partial charge is 0.0514 e. The lowest BCUT2D eigenvalue weighted by molar-refractivity contribution is 1.07. The summed E-state index contributed by atoms with van der Waals surface area (Å²) in [6.07, 6.45) is 0.975. The van der Waals surface area contributed by atoms with Crippen molar-refractivity contribution in [2.45, 2.75) is 13.3 Å². The van der Waals surface area contributed by atoms with Crippen molar-refractivity contribution < 1.29 is 0 Å². The molecule has 1 N–H and O–H groups in total. The quantitative estimate of drug-likeness (QED) is 0.737. The van der Waals surface area contributed by atoms with Crippen molar-refractivity contribution in [3.05, 3.63) is 33.9 Å². The summed E-state index contributed by atoms with van der Waals surface area (Å²) in [6.45, 7) is 2.10. The van der Waals surface area contributed by atoms with Gasteiger partial charge in [0, 0.05) is 21.6 Å². The van der Waals surface area contributed by atoms with E-state index in [0.717, 1.165) is 17.3 Å². The van der Waals surface area contributed by atoms with Gasteiger partial charge in [-0.2, -0.15) is 0 Å². The molecule has 0 saturated heterocycles. The lowest BCUT2D eigenvalue weighted by Gasteiger charge is -1.94. The fraction of sp³-hybridized carbons (Fsp3) is 0.200. The first-order valence-electron chi connectivity index (χ1n) is 4.17. The number of H-pyrrole nitrogens is 1. The van der Waals surface area contributed by atoms with Crippen LogP contribution in [0.2, 0.25) is 10.0 Å². The van der Waals surface area contributed by atoms with Crippen molar-refractivity contribution in [2.75, 3.05) is 0 Å². The van der Waals surface area contributed by atoms with Crippen molar-refractivity contribution in [1.29, 1.82) is 0 Å². The van der Waals surface area contributed by atoms with E-state index in [4.69, 9.17) is 23.2 Å². The van der Waals surface area contributed by atoms with Gasteiger partial charge in [0.05, 0.1) is 5.02 Å². The zero-order valence-corrected chi connectivity index (χ0v) is 8.71. The van der Waals surface area contributed by atoms with Gasteiger partial charge in [-0.3, -0.25) is 0 Å². The number of aromatic amines is 1. The molecule has 0 unspecified atom stereocenters. The molecule has 0 fully saturated rings. The maximum Gasteiger partial charge on any atom is 0.0514 e. The highest BCUT2D eigenvalue weighted by molar-refractivity contribution is 6.38. The highest BCUT2D eigenvalue weighted by Crippen LogP contribution is 2.28. The van der Waals surface area contributed by atoms with Crippen LogP contribution in [-0.2, 0) is 6.42 Å². The van der Waals surface area contributed by atoms with Gasteiger partial charge >= 0.3 is 0 Å². The molecule has 1 nitrogen and oxygen atoms in total. The molecule has 3 heteroatoms. The van der Waals surface area contributed by atoms with Crippen LogP contribution in [0.3, 0.4) is 0 Å². The van der Waals surface area contributed by atoms with Crippen LogP contribution < -0.4 is 0 Å². The largest absolute Gasteiger partial charge is 0.358 e. The van der Waals surface area contributed by atoms with Crippen molar-refractivity contribution in [3.63, 3.8) is 0 Å². The first-order chi connectivity index (χ1) is 6.20. The summed E-state index contributed by atoms with van der Waals surface area (Å²) >= 11 is 11.9. The van der Waals surface area contributed by atoms with E-state index in [1.807, 2.05) is 6.07 Å². The third kappa shape index (κ3) is 1.54. The Bertz CT molecular complexity index is 445. The molecule has 0 amide bonds. The van der Waals surface area contributed by atoms with E-state index in [-0.39, 0.29) is 0 Å². The first kappa shape index (κ1) is 8.92. The van der Waals surface area contributed by atoms with Crippen LogP contribution in [0.1, 0.15) is 12.6 Å². The van der Waals surface area contributed by atoms with Gasteiger partial charge in [0.15, 0.2) is 0 Å². The fourth-order valence-electron chi connectivity index (χ4n) is 1.41. The van der Waals surface area contributed by atoms with Gasteiger partial charge in [0.25, 0.3) is 0 Å². The third-order valence-corrected chi connectivity index (χ3v) is 2.62. The molecule has 0 atom stereocenters. The Balaban J connectivity index is 2.75. The summed E-state index contributed by atoms with van der Waals surface area (Å²) in [7, 11) is 0. The van der Waals surface area contributed by atoms with Gasteiger partial charge in [-0.25, -0.2) is 0 Å². The number of hydrogen-bond donors (Lipinski definition) is 1. The molecule has 1 heterocycles. The van der Waals surface area contributed by atoms with Crippen LogP contribution in [0.4, 0.5) is 0 Å². The minimum atomic E-state index is 0.669. The molecule has 2 aromatic rings. The van der Waals surface area contributed by atoms with Crippen LogP contribution in [0.25, 0.3) is 10.9 Å². The average Bonchev–Trinajstić information content (AvgIpc) is 2.47. The summed E-state index contributed by atoms with van der Waals surface area (Å²) in [4.78, 5) is 3.26. The van der Waals surface area contributed by atoms with Crippen molar-refractivity contribution in [1.82, 2.24) is 4.98 Å². The minimum absolute atomic E-state index is 0.669. The van der Waals surface area contributed by atoms with E-state index in [1.165, 1.54) is 5.69 Å². The number of fused-ring (bicyclic) bond motifs is 1. The predicted molar refractivity (Wildman–Crippen MR) is 57.7 cm³/mol. The Morgan fingerprint density at radius 3 is 2.69 bits per heavy atom. The first-order valence-corrected chi connectivity index (χ1v) is 4.93. The van der Waals surface area contributed by atoms with E-state index < -0.39 is 0 Å². The molecule has 1 aromatic carbocycles. The van der Waals surface area contributed by atoms with Crippen molar-refractivity contribution >= 4 is 34.1 Å². The third-order valence-electron chi connectivity index (χ3n) is 2.09. The topological polar surface area (TPSA) is 15.8 Å². The number of rotatable bonds is 1. The Hall–Kier alpha value is -0.660. The molecule has 68 valence electrons. The summed E-state index contributed by atoms with van der Waals surface area (Å²) in [5.74, 6) is 0. The maximum absolute atomic E-state index is 6.03. The molecule has 13 heavy (non-hydrogen) atoms. The fourth-order valence-corrected chi connectivity index (χ4v) is 1.96. The van der Waals surface area contributed by atoms with Gasteiger partial charge in [-0.1, -0.05) is 30.1 Å². The van der Waals surface area contributed by atoms with Gasteiger partial charge < -0.3 is 4.98 Å². The molecule has 0 spiro atoms. The van der Waals surface area contributed by atoms with E-state index in [2.05, 4.69) is 18.0 Å². The molecular weight excluding hydrogens is 205 g/mol. The number of aryl methyl sites for hydroxylation is 1. The van der Waals surface area contributed by atoms with Crippen LogP contribution >= 0.6 is 23.2 Å². The second-order valence-corrected chi connectivity index (χ2v) is 3.84. The lowest BCUT2D eigenvalue weighted by Crippen LogP contribution is -1.75. The standard InChI is InChI=1S/C10H9Cl2N/c1-2-7-5-8-9(12)3-6(11)4-10(8)13-7/h3-5,13H,2H2,1H3. The molecule has 0 aliphatic carbocycles. The number of halogens is 2. The molecule has 2 rings (SSSR count). The second kappa shape index (κ2) is 3.24. The SMILES string of the molecule is CCc1cc2c(Cl)cc(Cl)cc2[nH]1. The zero-order valence-electron chi connectivity index (χ0n) is 7.20. The Morgan fingerprint density at radius 2 is 2.00 bits per heavy atom.